The van der Waals surface area contributed by atoms with Gasteiger partial charge in [0.05, 0.1) is 24.6 Å². The SMILES string of the molecule is CNS(=O)(=O)c1cccc(Nc2ncnc3cc(OC)c(OC)cc23)c1. The third kappa shape index (κ3) is 3.39. The third-order valence-electron chi connectivity index (χ3n) is 3.82. The summed E-state index contributed by atoms with van der Waals surface area (Å²) in [6.07, 6.45) is 1.42. The van der Waals surface area contributed by atoms with Crippen LogP contribution in [0.4, 0.5) is 11.5 Å². The van der Waals surface area contributed by atoms with Crippen LogP contribution in [0.2, 0.25) is 0 Å². The Bertz CT molecular complexity index is 1050. The van der Waals surface area contributed by atoms with Crippen LogP contribution < -0.4 is 19.5 Å². The second kappa shape index (κ2) is 7.14. The van der Waals surface area contributed by atoms with Crippen LogP contribution in [0.3, 0.4) is 0 Å². The number of nitrogens with zero attached hydrogens (tertiary/aromatic N) is 2. The van der Waals surface area contributed by atoms with Crippen molar-refractivity contribution in [3.05, 3.63) is 42.7 Å². The molecule has 136 valence electrons. The molecule has 8 nitrogen and oxygen atoms in total. The van der Waals surface area contributed by atoms with Gasteiger partial charge in [-0.25, -0.2) is 23.1 Å². The summed E-state index contributed by atoms with van der Waals surface area (Å²) in [6, 6.07) is 9.97. The molecule has 0 bridgehead atoms. The maximum Gasteiger partial charge on any atom is 0.240 e. The van der Waals surface area contributed by atoms with Crippen LogP contribution in [0.1, 0.15) is 0 Å². The highest BCUT2D eigenvalue weighted by Crippen LogP contribution is 2.34. The van der Waals surface area contributed by atoms with Gasteiger partial charge in [0, 0.05) is 17.1 Å². The number of ether oxygens (including phenoxy) is 2. The molecule has 0 amide bonds. The summed E-state index contributed by atoms with van der Waals surface area (Å²) in [7, 11) is 0.935. The Morgan fingerprint density at radius 3 is 2.42 bits per heavy atom. The quantitative estimate of drug-likeness (QED) is 0.682. The van der Waals surface area contributed by atoms with E-state index in [1.54, 1.807) is 38.5 Å². The standard InChI is InChI=1S/C17H18N4O4S/c1-18-26(22,23)12-6-4-5-11(7-12)21-17-13-8-15(24-2)16(25-3)9-14(13)19-10-20-17/h4-10,18H,1-3H3,(H,19,20,21). The van der Waals surface area contributed by atoms with Crippen LogP contribution in [0.25, 0.3) is 10.9 Å². The zero-order chi connectivity index (χ0) is 18.7. The molecule has 0 spiro atoms. The van der Waals surface area contributed by atoms with Gasteiger partial charge in [-0.05, 0) is 31.3 Å². The van der Waals surface area contributed by atoms with E-state index in [0.717, 1.165) is 0 Å². The molecule has 0 fully saturated rings. The first-order chi connectivity index (χ1) is 12.5. The fourth-order valence-electron chi connectivity index (χ4n) is 2.48. The molecule has 0 saturated heterocycles. The number of sulfonamides is 1. The van der Waals surface area contributed by atoms with Crippen molar-refractivity contribution in [1.82, 2.24) is 14.7 Å². The van der Waals surface area contributed by atoms with Gasteiger partial charge in [0.25, 0.3) is 0 Å². The summed E-state index contributed by atoms with van der Waals surface area (Å²) in [4.78, 5) is 8.66. The Morgan fingerprint density at radius 1 is 1.00 bits per heavy atom. The minimum atomic E-state index is -3.53. The predicted octanol–water partition coefficient (Wildman–Crippen LogP) is 2.30. The molecule has 0 aliphatic rings. The summed E-state index contributed by atoms with van der Waals surface area (Å²) < 4.78 is 36.9. The molecule has 26 heavy (non-hydrogen) atoms. The molecule has 2 N–H and O–H groups in total. The number of hydrogen-bond donors (Lipinski definition) is 2. The van der Waals surface area contributed by atoms with Crippen LogP contribution in [0, 0.1) is 0 Å². The molecular weight excluding hydrogens is 356 g/mol. The lowest BCUT2D eigenvalue weighted by molar-refractivity contribution is 0.356. The van der Waals surface area contributed by atoms with Gasteiger partial charge in [-0.3, -0.25) is 0 Å². The van der Waals surface area contributed by atoms with E-state index < -0.39 is 10.0 Å². The lowest BCUT2D eigenvalue weighted by Crippen LogP contribution is -2.18. The van der Waals surface area contributed by atoms with Crippen molar-refractivity contribution in [2.75, 3.05) is 26.6 Å². The summed E-state index contributed by atoms with van der Waals surface area (Å²) in [5, 5.41) is 3.85. The van der Waals surface area contributed by atoms with Gasteiger partial charge >= 0.3 is 0 Å². The minimum Gasteiger partial charge on any atom is -0.493 e. The summed E-state index contributed by atoms with van der Waals surface area (Å²) >= 11 is 0. The second-order valence-electron chi connectivity index (χ2n) is 5.31. The number of nitrogens with one attached hydrogen (secondary N) is 2. The largest absolute Gasteiger partial charge is 0.493 e. The number of hydrogen-bond acceptors (Lipinski definition) is 7. The van der Waals surface area contributed by atoms with Gasteiger partial charge in [-0.2, -0.15) is 0 Å². The van der Waals surface area contributed by atoms with Gasteiger partial charge in [-0.15, -0.1) is 0 Å². The molecule has 1 aromatic heterocycles. The molecule has 2 aromatic carbocycles. The zero-order valence-electron chi connectivity index (χ0n) is 14.5. The molecule has 0 aliphatic carbocycles. The second-order valence-corrected chi connectivity index (χ2v) is 7.19. The lowest BCUT2D eigenvalue weighted by atomic mass is 10.2. The summed E-state index contributed by atoms with van der Waals surface area (Å²) in [5.41, 5.74) is 1.25. The van der Waals surface area contributed by atoms with E-state index in [2.05, 4.69) is 20.0 Å². The molecule has 0 saturated carbocycles. The topological polar surface area (TPSA) is 102 Å². The Kier molecular flexibility index (Phi) is 4.92. The summed E-state index contributed by atoms with van der Waals surface area (Å²) in [6.45, 7) is 0. The van der Waals surface area contributed by atoms with Gasteiger partial charge in [0.1, 0.15) is 12.1 Å². The highest BCUT2D eigenvalue weighted by atomic mass is 32.2. The van der Waals surface area contributed by atoms with E-state index in [0.29, 0.717) is 33.9 Å². The van der Waals surface area contributed by atoms with Gasteiger partial charge in [0.2, 0.25) is 10.0 Å². The first-order valence-corrected chi connectivity index (χ1v) is 9.14. The van der Waals surface area contributed by atoms with E-state index in [-0.39, 0.29) is 4.90 Å². The average molecular weight is 374 g/mol. The average Bonchev–Trinajstić information content (AvgIpc) is 2.67. The van der Waals surface area contributed by atoms with E-state index in [1.807, 2.05) is 0 Å². The maximum atomic E-state index is 12.0. The molecule has 0 radical (unpaired) electrons. The van der Waals surface area contributed by atoms with E-state index in [9.17, 15) is 8.42 Å². The zero-order valence-corrected chi connectivity index (χ0v) is 15.3. The van der Waals surface area contributed by atoms with Crippen molar-refractivity contribution in [1.29, 1.82) is 0 Å². The Labute approximate surface area is 151 Å². The Hall–Kier alpha value is -2.91. The molecule has 1 heterocycles. The van der Waals surface area contributed by atoms with Crippen LogP contribution in [0.15, 0.2) is 47.6 Å². The van der Waals surface area contributed by atoms with Crippen molar-refractivity contribution in [2.24, 2.45) is 0 Å². The van der Waals surface area contributed by atoms with Crippen molar-refractivity contribution < 1.29 is 17.9 Å². The Balaban J connectivity index is 2.06. The number of aromatic nitrogens is 2. The summed E-state index contributed by atoms with van der Waals surface area (Å²) in [5.74, 6) is 1.63. The van der Waals surface area contributed by atoms with Crippen LogP contribution >= 0.6 is 0 Å². The minimum absolute atomic E-state index is 0.155. The molecule has 0 atom stereocenters. The Morgan fingerprint density at radius 2 is 1.73 bits per heavy atom. The monoisotopic (exact) mass is 374 g/mol. The van der Waals surface area contributed by atoms with Crippen molar-refractivity contribution in [3.63, 3.8) is 0 Å². The molecule has 3 aromatic rings. The van der Waals surface area contributed by atoms with E-state index in [1.165, 1.54) is 25.5 Å². The number of fused-ring (bicyclic) bond motifs is 1. The number of methoxy groups -OCH3 is 2. The van der Waals surface area contributed by atoms with Gasteiger partial charge in [0.15, 0.2) is 11.5 Å². The van der Waals surface area contributed by atoms with Crippen molar-refractivity contribution in [2.45, 2.75) is 4.90 Å². The molecular formula is C17H18N4O4S. The van der Waals surface area contributed by atoms with E-state index in [4.69, 9.17) is 9.47 Å². The van der Waals surface area contributed by atoms with Gasteiger partial charge < -0.3 is 14.8 Å². The fraction of sp³-hybridized carbons (Fsp3) is 0.176. The predicted molar refractivity (Wildman–Crippen MR) is 98.6 cm³/mol. The molecule has 9 heteroatoms. The van der Waals surface area contributed by atoms with E-state index >= 15 is 0 Å². The highest BCUT2D eigenvalue weighted by molar-refractivity contribution is 7.89. The first-order valence-electron chi connectivity index (χ1n) is 7.66. The van der Waals surface area contributed by atoms with Crippen LogP contribution in [0.5, 0.6) is 11.5 Å². The molecule has 0 unspecified atom stereocenters. The highest BCUT2D eigenvalue weighted by Gasteiger charge is 2.14. The third-order valence-corrected chi connectivity index (χ3v) is 5.23. The van der Waals surface area contributed by atoms with Crippen molar-refractivity contribution in [3.8, 4) is 11.5 Å². The molecule has 0 aliphatic heterocycles. The maximum absolute atomic E-state index is 12.0. The van der Waals surface area contributed by atoms with Crippen molar-refractivity contribution >= 4 is 32.4 Å². The fourth-order valence-corrected chi connectivity index (χ4v) is 3.25. The number of benzene rings is 2. The smallest absolute Gasteiger partial charge is 0.240 e. The first kappa shape index (κ1) is 17.9. The molecule has 3 rings (SSSR count). The van der Waals surface area contributed by atoms with Crippen LogP contribution in [-0.4, -0.2) is 39.7 Å². The number of anilines is 2. The normalized spacial score (nSPS) is 11.3. The lowest BCUT2D eigenvalue weighted by Gasteiger charge is -2.12. The van der Waals surface area contributed by atoms with Gasteiger partial charge in [-0.1, -0.05) is 6.07 Å². The van der Waals surface area contributed by atoms with Crippen LogP contribution in [-0.2, 0) is 10.0 Å². The number of rotatable bonds is 6.